The standard InChI is InChI=1S/C22H25BrClN3O3/c1-2-30-21-18(23)11-17(24)12-19(21)25-14-20(28)26-13-15-5-7-16(8-6-15)22(29)27-9-3-4-10-27/h5-8,11-12,25H,2-4,9-10,13-14H2,1H3,(H,26,28). The molecule has 6 nitrogen and oxygen atoms in total. The van der Waals surface area contributed by atoms with Crippen LogP contribution in [0, 0.1) is 0 Å². The van der Waals surface area contributed by atoms with Crippen LogP contribution in [0.2, 0.25) is 5.02 Å². The number of nitrogens with zero attached hydrogens (tertiary/aromatic N) is 1. The molecule has 2 aromatic carbocycles. The fourth-order valence-electron chi connectivity index (χ4n) is 3.29. The Labute approximate surface area is 190 Å². The van der Waals surface area contributed by atoms with Gasteiger partial charge in [-0.25, -0.2) is 0 Å². The average molecular weight is 495 g/mol. The Morgan fingerprint density at radius 2 is 1.87 bits per heavy atom. The van der Waals surface area contributed by atoms with Crippen molar-refractivity contribution in [2.45, 2.75) is 26.3 Å². The maximum Gasteiger partial charge on any atom is 0.253 e. The SMILES string of the molecule is CCOc1c(Br)cc(Cl)cc1NCC(=O)NCc1ccc(C(=O)N2CCCC2)cc1. The molecule has 3 rings (SSSR count). The molecule has 0 unspecified atom stereocenters. The van der Waals surface area contributed by atoms with Gasteiger partial charge in [0.25, 0.3) is 5.91 Å². The molecule has 0 radical (unpaired) electrons. The molecule has 160 valence electrons. The smallest absolute Gasteiger partial charge is 0.253 e. The van der Waals surface area contributed by atoms with Gasteiger partial charge >= 0.3 is 0 Å². The summed E-state index contributed by atoms with van der Waals surface area (Å²) in [4.78, 5) is 26.5. The molecule has 8 heteroatoms. The number of rotatable bonds is 8. The van der Waals surface area contributed by atoms with Crippen molar-refractivity contribution in [2.24, 2.45) is 0 Å². The van der Waals surface area contributed by atoms with Crippen molar-refractivity contribution in [3.05, 3.63) is 57.0 Å². The second kappa shape index (κ2) is 10.7. The number of benzene rings is 2. The molecule has 1 fully saturated rings. The van der Waals surface area contributed by atoms with E-state index < -0.39 is 0 Å². The highest BCUT2D eigenvalue weighted by atomic mass is 79.9. The number of likely N-dealkylation sites (tertiary alicyclic amines) is 1. The van der Waals surface area contributed by atoms with Gasteiger partial charge in [-0.1, -0.05) is 23.7 Å². The van der Waals surface area contributed by atoms with Gasteiger partial charge in [-0.15, -0.1) is 0 Å². The maximum absolute atomic E-state index is 12.4. The molecule has 0 spiro atoms. The van der Waals surface area contributed by atoms with Gasteiger partial charge in [0.2, 0.25) is 5.91 Å². The van der Waals surface area contributed by atoms with Crippen molar-refractivity contribution in [1.29, 1.82) is 0 Å². The number of halogens is 2. The lowest BCUT2D eigenvalue weighted by Gasteiger charge is -2.15. The third kappa shape index (κ3) is 5.89. The van der Waals surface area contributed by atoms with Gasteiger partial charge in [0.1, 0.15) is 0 Å². The lowest BCUT2D eigenvalue weighted by Crippen LogP contribution is -2.29. The molecule has 1 aliphatic heterocycles. The van der Waals surface area contributed by atoms with Crippen molar-refractivity contribution >= 4 is 45.0 Å². The third-order valence-electron chi connectivity index (χ3n) is 4.82. The van der Waals surface area contributed by atoms with Gasteiger partial charge in [-0.05, 0) is 65.5 Å². The highest BCUT2D eigenvalue weighted by Crippen LogP contribution is 2.36. The van der Waals surface area contributed by atoms with Crippen LogP contribution >= 0.6 is 27.5 Å². The molecule has 1 aliphatic rings. The Morgan fingerprint density at radius 3 is 2.53 bits per heavy atom. The van der Waals surface area contributed by atoms with Gasteiger partial charge in [-0.3, -0.25) is 9.59 Å². The van der Waals surface area contributed by atoms with Crippen molar-refractivity contribution in [2.75, 3.05) is 31.6 Å². The highest BCUT2D eigenvalue weighted by molar-refractivity contribution is 9.10. The molecular weight excluding hydrogens is 470 g/mol. The minimum atomic E-state index is -0.161. The van der Waals surface area contributed by atoms with Crippen LogP contribution in [-0.2, 0) is 11.3 Å². The number of nitrogens with one attached hydrogen (secondary N) is 2. The van der Waals surface area contributed by atoms with Crippen LogP contribution in [0.4, 0.5) is 5.69 Å². The molecule has 1 heterocycles. The quantitative estimate of drug-likeness (QED) is 0.568. The van der Waals surface area contributed by atoms with Crippen molar-refractivity contribution in [1.82, 2.24) is 10.2 Å². The van der Waals surface area contributed by atoms with Gasteiger partial charge in [-0.2, -0.15) is 0 Å². The zero-order valence-electron chi connectivity index (χ0n) is 16.8. The molecule has 0 aromatic heterocycles. The van der Waals surface area contributed by atoms with Crippen LogP contribution in [0.3, 0.4) is 0 Å². The summed E-state index contributed by atoms with van der Waals surface area (Å²) in [5, 5.41) is 6.48. The molecule has 2 N–H and O–H groups in total. The van der Waals surface area contributed by atoms with E-state index in [9.17, 15) is 9.59 Å². The molecular formula is C22H25BrClN3O3. The highest BCUT2D eigenvalue weighted by Gasteiger charge is 2.19. The number of hydrogen-bond acceptors (Lipinski definition) is 4. The summed E-state index contributed by atoms with van der Waals surface area (Å²) in [5.74, 6) is 0.531. The number of carbonyl (C=O) groups excluding carboxylic acids is 2. The molecule has 30 heavy (non-hydrogen) atoms. The van der Waals surface area contributed by atoms with E-state index in [0.29, 0.717) is 35.2 Å². The van der Waals surface area contributed by atoms with Crippen LogP contribution < -0.4 is 15.4 Å². The molecule has 0 atom stereocenters. The third-order valence-corrected chi connectivity index (χ3v) is 5.63. The predicted molar refractivity (Wildman–Crippen MR) is 122 cm³/mol. The van der Waals surface area contributed by atoms with Crippen molar-refractivity contribution in [3.8, 4) is 5.75 Å². The van der Waals surface area contributed by atoms with E-state index in [1.54, 1.807) is 12.1 Å². The number of ether oxygens (including phenoxy) is 1. The minimum Gasteiger partial charge on any atom is -0.491 e. The summed E-state index contributed by atoms with van der Waals surface area (Å²) in [6.45, 7) is 4.52. The lowest BCUT2D eigenvalue weighted by atomic mass is 10.1. The number of carbonyl (C=O) groups is 2. The topological polar surface area (TPSA) is 70.7 Å². The number of anilines is 1. The summed E-state index contributed by atoms with van der Waals surface area (Å²) < 4.78 is 6.35. The summed E-state index contributed by atoms with van der Waals surface area (Å²) in [7, 11) is 0. The molecule has 2 amide bonds. The summed E-state index contributed by atoms with van der Waals surface area (Å²) in [5.41, 5.74) is 2.27. The fourth-order valence-corrected chi connectivity index (χ4v) is 4.21. The van der Waals surface area contributed by atoms with E-state index in [0.717, 1.165) is 36.0 Å². The number of hydrogen-bond donors (Lipinski definition) is 2. The minimum absolute atomic E-state index is 0.0741. The molecule has 1 saturated heterocycles. The molecule has 0 aliphatic carbocycles. The molecule has 0 saturated carbocycles. The Hall–Kier alpha value is -2.25. The Balaban J connectivity index is 1.51. The van der Waals surface area contributed by atoms with Crippen molar-refractivity contribution < 1.29 is 14.3 Å². The lowest BCUT2D eigenvalue weighted by molar-refractivity contribution is -0.119. The first-order valence-electron chi connectivity index (χ1n) is 9.98. The second-order valence-corrected chi connectivity index (χ2v) is 8.31. The summed E-state index contributed by atoms with van der Waals surface area (Å²) >= 11 is 9.53. The summed E-state index contributed by atoms with van der Waals surface area (Å²) in [6, 6.07) is 10.9. The first kappa shape index (κ1) is 22.4. The van der Waals surface area contributed by atoms with Crippen LogP contribution in [0.5, 0.6) is 5.75 Å². The van der Waals surface area contributed by atoms with E-state index in [4.69, 9.17) is 16.3 Å². The van der Waals surface area contributed by atoms with Gasteiger partial charge < -0.3 is 20.3 Å². The van der Waals surface area contributed by atoms with Crippen LogP contribution in [0.25, 0.3) is 0 Å². The largest absolute Gasteiger partial charge is 0.491 e. The van der Waals surface area contributed by atoms with Gasteiger partial charge in [0.15, 0.2) is 5.75 Å². The van der Waals surface area contributed by atoms with Crippen molar-refractivity contribution in [3.63, 3.8) is 0 Å². The fraction of sp³-hybridized carbons (Fsp3) is 0.364. The second-order valence-electron chi connectivity index (χ2n) is 7.02. The zero-order chi connectivity index (χ0) is 21.5. The first-order chi connectivity index (χ1) is 14.5. The maximum atomic E-state index is 12.4. The van der Waals surface area contributed by atoms with E-state index >= 15 is 0 Å². The Kier molecular flexibility index (Phi) is 7.99. The first-order valence-corrected chi connectivity index (χ1v) is 11.2. The van der Waals surface area contributed by atoms with E-state index in [-0.39, 0.29) is 18.4 Å². The summed E-state index contributed by atoms with van der Waals surface area (Å²) in [6.07, 6.45) is 2.14. The normalized spacial score (nSPS) is 13.2. The Bertz CT molecular complexity index is 899. The van der Waals surface area contributed by atoms with Crippen LogP contribution in [0.1, 0.15) is 35.7 Å². The predicted octanol–water partition coefficient (Wildman–Crippen LogP) is 4.47. The van der Waals surface area contributed by atoms with E-state index in [1.165, 1.54) is 0 Å². The molecule has 2 aromatic rings. The zero-order valence-corrected chi connectivity index (χ0v) is 19.2. The van der Waals surface area contributed by atoms with E-state index in [2.05, 4.69) is 26.6 Å². The van der Waals surface area contributed by atoms with Gasteiger partial charge in [0, 0.05) is 30.2 Å². The van der Waals surface area contributed by atoms with Gasteiger partial charge in [0.05, 0.1) is 23.3 Å². The average Bonchev–Trinajstić information content (AvgIpc) is 3.27. The van der Waals surface area contributed by atoms with Crippen LogP contribution in [0.15, 0.2) is 40.9 Å². The van der Waals surface area contributed by atoms with Crippen LogP contribution in [-0.4, -0.2) is 43.0 Å². The number of amides is 2. The van der Waals surface area contributed by atoms with E-state index in [1.807, 2.05) is 36.1 Å². The molecule has 0 bridgehead atoms. The Morgan fingerprint density at radius 1 is 1.17 bits per heavy atom. The monoisotopic (exact) mass is 493 g/mol.